The van der Waals surface area contributed by atoms with Gasteiger partial charge in [-0.2, -0.15) is 4.52 Å². The Kier molecular flexibility index (Phi) is 4.34. The lowest BCUT2D eigenvalue weighted by atomic mass is 9.96. The summed E-state index contributed by atoms with van der Waals surface area (Å²) in [5.74, 6) is 0.836. The molecule has 152 valence electrons. The van der Waals surface area contributed by atoms with Crippen LogP contribution in [0.3, 0.4) is 0 Å². The van der Waals surface area contributed by atoms with Gasteiger partial charge in [0.1, 0.15) is 6.10 Å². The van der Waals surface area contributed by atoms with Gasteiger partial charge in [0.2, 0.25) is 16.9 Å². The van der Waals surface area contributed by atoms with Crippen molar-refractivity contribution in [3.05, 3.63) is 30.3 Å². The highest BCUT2D eigenvalue weighted by Gasteiger charge is 2.30. The number of fused-ring (bicyclic) bond motifs is 2. The molecule has 0 bridgehead atoms. The molecule has 1 N–H and O–H groups in total. The lowest BCUT2D eigenvalue weighted by Gasteiger charge is -2.25. The summed E-state index contributed by atoms with van der Waals surface area (Å²) in [6.45, 7) is 0. The number of nitrogens with one attached hydrogen (secondary N) is 1. The number of amides is 1. The number of rotatable bonds is 6. The first kappa shape index (κ1) is 18.1. The molecule has 0 aliphatic heterocycles. The average molecular weight is 439 g/mol. The topological polar surface area (TPSA) is 94.3 Å². The summed E-state index contributed by atoms with van der Waals surface area (Å²) in [5.41, 5.74) is 1.55. The maximum atomic E-state index is 12.0. The smallest absolute Gasteiger partial charge is 0.232 e. The molecule has 1 aromatic carbocycles. The van der Waals surface area contributed by atoms with Crippen LogP contribution in [-0.2, 0) is 4.79 Å². The Labute approximate surface area is 180 Å². The number of benzene rings is 1. The zero-order valence-electron chi connectivity index (χ0n) is 15.9. The van der Waals surface area contributed by atoms with Gasteiger partial charge in [-0.05, 0) is 68.1 Å². The van der Waals surface area contributed by atoms with E-state index in [4.69, 9.17) is 4.74 Å². The van der Waals surface area contributed by atoms with Gasteiger partial charge in [0.15, 0.2) is 10.8 Å². The lowest BCUT2D eigenvalue weighted by Crippen LogP contribution is -2.25. The Morgan fingerprint density at radius 2 is 2.07 bits per heavy atom. The van der Waals surface area contributed by atoms with Gasteiger partial charge in [0, 0.05) is 16.9 Å². The fourth-order valence-corrected chi connectivity index (χ4v) is 5.03. The van der Waals surface area contributed by atoms with Crippen LogP contribution in [0.1, 0.15) is 32.1 Å². The molecule has 0 radical (unpaired) electrons. The summed E-state index contributed by atoms with van der Waals surface area (Å²) in [5, 5.41) is 17.3. The summed E-state index contributed by atoms with van der Waals surface area (Å²) in [4.78, 5) is 17.5. The third-order valence-corrected chi connectivity index (χ3v) is 7.16. The lowest BCUT2D eigenvalue weighted by molar-refractivity contribution is -0.117. The molecular formula is C20H18N6O2S2. The molecule has 30 heavy (non-hydrogen) atoms. The van der Waals surface area contributed by atoms with Crippen molar-refractivity contribution in [2.75, 3.05) is 5.32 Å². The van der Waals surface area contributed by atoms with E-state index in [0.29, 0.717) is 21.8 Å². The van der Waals surface area contributed by atoms with E-state index in [1.807, 2.05) is 24.3 Å². The van der Waals surface area contributed by atoms with Gasteiger partial charge in [-0.25, -0.2) is 4.98 Å². The van der Waals surface area contributed by atoms with Crippen molar-refractivity contribution in [3.8, 4) is 5.88 Å². The van der Waals surface area contributed by atoms with Crippen molar-refractivity contribution >= 4 is 50.0 Å². The second kappa shape index (κ2) is 7.21. The highest BCUT2D eigenvalue weighted by molar-refractivity contribution is 7.99. The highest BCUT2D eigenvalue weighted by Crippen LogP contribution is 2.35. The number of carbonyl (C=O) groups excluding carboxylic acids is 1. The molecule has 1 amide bonds. The standard InChI is InChI=1S/C20H18N6O2S2/c27-18(11-4-5-11)22-19-21-14-7-6-13(10-15(14)30-19)29-20-24-23-16-8-9-17(25-26(16)20)28-12-2-1-3-12/h6-12H,1-5H2,(H,21,22,27). The van der Waals surface area contributed by atoms with Crippen LogP contribution in [0.2, 0.25) is 0 Å². The van der Waals surface area contributed by atoms with Gasteiger partial charge >= 0.3 is 0 Å². The van der Waals surface area contributed by atoms with Crippen LogP contribution in [0.15, 0.2) is 40.4 Å². The molecule has 0 atom stereocenters. The Bertz CT molecular complexity index is 1260. The molecule has 10 heteroatoms. The minimum absolute atomic E-state index is 0.0737. The maximum Gasteiger partial charge on any atom is 0.232 e. The Morgan fingerprint density at radius 1 is 1.17 bits per heavy atom. The number of anilines is 1. The minimum atomic E-state index is 0.0737. The summed E-state index contributed by atoms with van der Waals surface area (Å²) in [7, 11) is 0. The first-order valence-corrected chi connectivity index (χ1v) is 11.6. The van der Waals surface area contributed by atoms with E-state index in [1.54, 1.807) is 4.52 Å². The molecule has 0 saturated heterocycles. The quantitative estimate of drug-likeness (QED) is 0.483. The molecule has 8 nitrogen and oxygen atoms in total. The van der Waals surface area contributed by atoms with E-state index in [9.17, 15) is 4.79 Å². The number of aromatic nitrogens is 5. The van der Waals surface area contributed by atoms with Gasteiger partial charge in [-0.3, -0.25) is 4.79 Å². The third kappa shape index (κ3) is 3.50. The monoisotopic (exact) mass is 438 g/mol. The second-order valence-corrected chi connectivity index (χ2v) is 9.68. The molecule has 2 saturated carbocycles. The van der Waals surface area contributed by atoms with E-state index in [2.05, 4.69) is 31.7 Å². The molecule has 3 heterocycles. The molecule has 4 aromatic rings. The van der Waals surface area contributed by atoms with Crippen LogP contribution in [-0.4, -0.2) is 36.8 Å². The zero-order chi connectivity index (χ0) is 20.1. The summed E-state index contributed by atoms with van der Waals surface area (Å²) in [6.07, 6.45) is 5.61. The van der Waals surface area contributed by atoms with Gasteiger partial charge in [-0.1, -0.05) is 11.3 Å². The normalized spacial score (nSPS) is 16.7. The van der Waals surface area contributed by atoms with E-state index < -0.39 is 0 Å². The van der Waals surface area contributed by atoms with E-state index >= 15 is 0 Å². The van der Waals surface area contributed by atoms with Gasteiger partial charge in [0.05, 0.1) is 10.2 Å². The van der Waals surface area contributed by atoms with Crippen LogP contribution in [0.25, 0.3) is 15.9 Å². The van der Waals surface area contributed by atoms with Crippen molar-refractivity contribution in [2.45, 2.75) is 48.3 Å². The minimum Gasteiger partial charge on any atom is -0.473 e. The Balaban J connectivity index is 1.24. The fraction of sp³-hybridized carbons (Fsp3) is 0.350. The number of thiazole rings is 1. The Hall–Kier alpha value is -2.72. The van der Waals surface area contributed by atoms with Gasteiger partial charge in [-0.15, -0.1) is 15.3 Å². The van der Waals surface area contributed by atoms with Crippen LogP contribution in [0.4, 0.5) is 5.13 Å². The van der Waals surface area contributed by atoms with Crippen LogP contribution >= 0.6 is 23.1 Å². The average Bonchev–Trinajstić information content (AvgIpc) is 3.39. The van der Waals surface area contributed by atoms with E-state index in [0.717, 1.165) is 40.8 Å². The molecule has 2 aliphatic carbocycles. The number of nitrogens with zero attached hydrogens (tertiary/aromatic N) is 5. The summed E-state index contributed by atoms with van der Waals surface area (Å²) >= 11 is 2.97. The van der Waals surface area contributed by atoms with Crippen LogP contribution in [0.5, 0.6) is 5.88 Å². The van der Waals surface area contributed by atoms with Gasteiger partial charge in [0.25, 0.3) is 0 Å². The van der Waals surface area contributed by atoms with Crippen molar-refractivity contribution in [1.29, 1.82) is 0 Å². The van der Waals surface area contributed by atoms with Crippen molar-refractivity contribution in [2.24, 2.45) is 5.92 Å². The van der Waals surface area contributed by atoms with E-state index in [1.165, 1.54) is 29.5 Å². The maximum absolute atomic E-state index is 12.0. The van der Waals surface area contributed by atoms with E-state index in [-0.39, 0.29) is 17.9 Å². The van der Waals surface area contributed by atoms with Crippen molar-refractivity contribution in [1.82, 2.24) is 24.8 Å². The molecule has 6 rings (SSSR count). The number of ether oxygens (including phenoxy) is 1. The van der Waals surface area contributed by atoms with Gasteiger partial charge < -0.3 is 10.1 Å². The van der Waals surface area contributed by atoms with Crippen molar-refractivity contribution < 1.29 is 9.53 Å². The highest BCUT2D eigenvalue weighted by atomic mass is 32.2. The molecule has 3 aromatic heterocycles. The number of hydrogen-bond acceptors (Lipinski definition) is 8. The first-order chi connectivity index (χ1) is 14.7. The predicted molar refractivity (Wildman–Crippen MR) is 114 cm³/mol. The molecule has 0 spiro atoms. The second-order valence-electron chi connectivity index (χ2n) is 7.61. The zero-order valence-corrected chi connectivity index (χ0v) is 17.6. The SMILES string of the molecule is O=C(Nc1nc2ccc(Sc3nnc4ccc(OC5CCC5)nn34)cc2s1)C1CC1. The molecular weight excluding hydrogens is 420 g/mol. The summed E-state index contributed by atoms with van der Waals surface area (Å²) in [6, 6.07) is 9.73. The largest absolute Gasteiger partial charge is 0.473 e. The fourth-order valence-electron chi connectivity index (χ4n) is 3.22. The van der Waals surface area contributed by atoms with Crippen LogP contribution in [0, 0.1) is 5.92 Å². The number of carbonyl (C=O) groups is 1. The molecule has 0 unspecified atom stereocenters. The molecule has 2 aliphatic rings. The molecule has 2 fully saturated rings. The van der Waals surface area contributed by atoms with Crippen molar-refractivity contribution in [3.63, 3.8) is 0 Å². The summed E-state index contributed by atoms with van der Waals surface area (Å²) < 4.78 is 8.64. The third-order valence-electron chi connectivity index (χ3n) is 5.30. The Morgan fingerprint density at radius 3 is 2.87 bits per heavy atom. The number of hydrogen-bond donors (Lipinski definition) is 1. The van der Waals surface area contributed by atoms with Crippen LogP contribution < -0.4 is 10.1 Å². The predicted octanol–water partition coefficient (Wildman–Crippen LogP) is 4.17. The first-order valence-electron chi connectivity index (χ1n) is 10.00.